The van der Waals surface area contributed by atoms with Gasteiger partial charge in [-0.3, -0.25) is 43.1 Å². The molecule has 1 unspecified atom stereocenters. The third-order valence-corrected chi connectivity index (χ3v) is 12.4. The summed E-state index contributed by atoms with van der Waals surface area (Å²) in [5.74, 6) is -0.241. The van der Waals surface area contributed by atoms with Crippen molar-refractivity contribution in [1.29, 1.82) is 0 Å². The van der Waals surface area contributed by atoms with Gasteiger partial charge in [0.25, 0.3) is 11.5 Å². The second kappa shape index (κ2) is 15.9. The van der Waals surface area contributed by atoms with E-state index in [1.165, 1.54) is 26.0 Å². The molecule has 5 aromatic rings. The summed E-state index contributed by atoms with van der Waals surface area (Å²) >= 11 is 0. The number of nitrogens with zero attached hydrogens (tertiary/aromatic N) is 9. The average Bonchev–Trinajstić information content (AvgIpc) is 3.73. The van der Waals surface area contributed by atoms with Gasteiger partial charge in [-0.2, -0.15) is 10.1 Å². The van der Waals surface area contributed by atoms with E-state index < -0.39 is 41.3 Å². The van der Waals surface area contributed by atoms with Gasteiger partial charge < -0.3 is 24.4 Å². The van der Waals surface area contributed by atoms with E-state index in [1.54, 1.807) is 31.4 Å². The molecule has 1 saturated carbocycles. The molecule has 320 valence electrons. The van der Waals surface area contributed by atoms with E-state index in [1.807, 2.05) is 29.6 Å². The number of halogens is 1. The van der Waals surface area contributed by atoms with Crippen molar-refractivity contribution in [1.82, 2.24) is 43.7 Å². The first kappa shape index (κ1) is 40.0. The van der Waals surface area contributed by atoms with Crippen LogP contribution in [0.15, 0.2) is 52.4 Å². The number of aromatic nitrogens is 7. The van der Waals surface area contributed by atoms with Crippen LogP contribution in [0.25, 0.3) is 22.1 Å². The maximum atomic E-state index is 13.7. The standard InChI is InChI=1S/C42H48FN11O7/c1-23(2)61-34-20-30-25(18-27(34)38(57)45-29-5-4-12-52(40(29)59)32-19-28(32)43)22-53(48-30)26-10-15-50(16-11-26)36(56)17-24-8-13-51(14-9-24)41-44-21-33-37(47-41)49(3)42(60)54(33)31-6-7-35(55)46-39(31)58/h4-5,12,18,20-24,26,28,31-32H,6-11,13-17,19H2,1-3H3,(H,45,57)(H,46,55,58)/t28-,31?,32+/m1/s1. The number of hydrogen-bond donors (Lipinski definition) is 2. The second-order valence-electron chi connectivity index (χ2n) is 16.9. The zero-order valence-corrected chi connectivity index (χ0v) is 34.3. The summed E-state index contributed by atoms with van der Waals surface area (Å²) in [7, 11) is 1.60. The number of amides is 4. The number of rotatable bonds is 10. The summed E-state index contributed by atoms with van der Waals surface area (Å²) in [6.07, 6.45) is 7.80. The summed E-state index contributed by atoms with van der Waals surface area (Å²) in [6, 6.07) is 5.29. The predicted octanol–water partition coefficient (Wildman–Crippen LogP) is 3.41. The van der Waals surface area contributed by atoms with Gasteiger partial charge in [-0.05, 0) is 70.1 Å². The molecule has 3 saturated heterocycles. The van der Waals surface area contributed by atoms with E-state index in [9.17, 15) is 33.2 Å². The number of alkyl halides is 1. The van der Waals surface area contributed by atoms with Crippen molar-refractivity contribution in [3.63, 3.8) is 0 Å². The fourth-order valence-electron chi connectivity index (χ4n) is 8.89. The summed E-state index contributed by atoms with van der Waals surface area (Å²) in [6.45, 7) is 6.21. The van der Waals surface area contributed by atoms with Crippen molar-refractivity contribution >= 4 is 57.3 Å². The molecule has 19 heteroatoms. The molecule has 1 aliphatic carbocycles. The first-order valence-corrected chi connectivity index (χ1v) is 21.0. The number of piperidine rings is 3. The summed E-state index contributed by atoms with van der Waals surface area (Å²) < 4.78 is 25.8. The molecule has 4 fully saturated rings. The Morgan fingerprint density at radius 3 is 2.49 bits per heavy atom. The Morgan fingerprint density at radius 1 is 1.03 bits per heavy atom. The number of likely N-dealkylation sites (tertiary alicyclic amines) is 1. The van der Waals surface area contributed by atoms with Gasteiger partial charge in [-0.15, -0.1) is 0 Å². The lowest BCUT2D eigenvalue weighted by Crippen LogP contribution is -2.44. The summed E-state index contributed by atoms with van der Waals surface area (Å²) in [4.78, 5) is 90.9. The van der Waals surface area contributed by atoms with Gasteiger partial charge in [0.05, 0.1) is 35.5 Å². The smallest absolute Gasteiger partial charge is 0.330 e. The number of aryl methyl sites for hydroxylation is 1. The van der Waals surface area contributed by atoms with Crippen molar-refractivity contribution in [3.8, 4) is 5.75 Å². The largest absolute Gasteiger partial charge is 0.490 e. The Hall–Kier alpha value is -6.40. The van der Waals surface area contributed by atoms with Crippen molar-refractivity contribution in [3.05, 3.63) is 69.3 Å². The van der Waals surface area contributed by atoms with E-state index in [2.05, 4.69) is 20.5 Å². The van der Waals surface area contributed by atoms with Crippen LogP contribution in [0.3, 0.4) is 0 Å². The lowest BCUT2D eigenvalue weighted by molar-refractivity contribution is -0.136. The summed E-state index contributed by atoms with van der Waals surface area (Å²) in [5.41, 5.74) is 0.942. The quantitative estimate of drug-likeness (QED) is 0.195. The second-order valence-corrected chi connectivity index (χ2v) is 16.9. The number of imide groups is 1. The van der Waals surface area contributed by atoms with Crippen LogP contribution in [-0.4, -0.2) is 100 Å². The van der Waals surface area contributed by atoms with Crippen LogP contribution in [0.2, 0.25) is 0 Å². The molecule has 4 amide bonds. The highest BCUT2D eigenvalue weighted by molar-refractivity contribution is 6.08. The van der Waals surface area contributed by atoms with Crippen LogP contribution in [0.5, 0.6) is 5.75 Å². The molecule has 1 aromatic carbocycles. The van der Waals surface area contributed by atoms with Gasteiger partial charge >= 0.3 is 5.69 Å². The van der Waals surface area contributed by atoms with Crippen molar-refractivity contribution in [2.75, 3.05) is 36.4 Å². The number of hydrogen-bond acceptors (Lipinski definition) is 11. The first-order chi connectivity index (χ1) is 29.3. The summed E-state index contributed by atoms with van der Waals surface area (Å²) in [5, 5.41) is 10.6. The SMILES string of the molecule is CC(C)Oc1cc2nn(C3CCN(C(=O)CC4CCN(c5ncc6c(n5)n(C)c(=O)n6C5CCC(=O)NC5=O)CC4)CC3)cc2cc1C(=O)Nc1cccn([C@H]2C[C@H]2F)c1=O. The monoisotopic (exact) mass is 837 g/mol. The van der Waals surface area contributed by atoms with Crippen LogP contribution in [0.1, 0.15) is 93.7 Å². The molecule has 0 bridgehead atoms. The number of pyridine rings is 1. The van der Waals surface area contributed by atoms with Gasteiger partial charge in [0.2, 0.25) is 23.7 Å². The van der Waals surface area contributed by atoms with Gasteiger partial charge in [0, 0.05) is 76.3 Å². The van der Waals surface area contributed by atoms with Crippen molar-refractivity contribution < 1.29 is 28.3 Å². The van der Waals surface area contributed by atoms with E-state index in [0.29, 0.717) is 61.0 Å². The molecule has 61 heavy (non-hydrogen) atoms. The number of nitrogens with one attached hydrogen (secondary N) is 2. The third kappa shape index (κ3) is 7.76. The molecular formula is C42H48FN11O7. The minimum atomic E-state index is -1.07. The maximum Gasteiger partial charge on any atom is 0.330 e. The maximum absolute atomic E-state index is 13.7. The highest BCUT2D eigenvalue weighted by atomic mass is 19.1. The third-order valence-electron chi connectivity index (χ3n) is 12.4. The number of carbonyl (C=O) groups is 4. The number of ether oxygens (including phenoxy) is 1. The molecule has 0 spiro atoms. The van der Waals surface area contributed by atoms with Gasteiger partial charge in [0.1, 0.15) is 29.2 Å². The minimum absolute atomic E-state index is 0.0498. The topological polar surface area (TPSA) is 201 Å². The van der Waals surface area contributed by atoms with Crippen molar-refractivity contribution in [2.45, 2.75) is 95.6 Å². The van der Waals surface area contributed by atoms with Crippen LogP contribution in [-0.2, 0) is 21.4 Å². The molecule has 18 nitrogen and oxygen atoms in total. The molecule has 4 aliphatic rings. The Kier molecular flexibility index (Phi) is 10.4. The zero-order valence-electron chi connectivity index (χ0n) is 34.3. The molecule has 7 heterocycles. The van der Waals surface area contributed by atoms with Crippen LogP contribution >= 0.6 is 0 Å². The normalized spacial score (nSPS) is 21.4. The molecule has 4 aromatic heterocycles. The van der Waals surface area contributed by atoms with E-state index in [0.717, 1.165) is 31.1 Å². The number of fused-ring (bicyclic) bond motifs is 2. The van der Waals surface area contributed by atoms with Crippen LogP contribution in [0, 0.1) is 5.92 Å². The van der Waals surface area contributed by atoms with Crippen LogP contribution in [0.4, 0.5) is 16.0 Å². The van der Waals surface area contributed by atoms with Crippen LogP contribution < -0.4 is 31.5 Å². The first-order valence-electron chi connectivity index (χ1n) is 21.0. The Bertz CT molecular complexity index is 2690. The number of imidazole rings is 1. The van der Waals surface area contributed by atoms with E-state index in [-0.39, 0.29) is 60.4 Å². The lowest BCUT2D eigenvalue weighted by atomic mass is 9.92. The van der Waals surface area contributed by atoms with E-state index in [4.69, 9.17) is 14.8 Å². The van der Waals surface area contributed by atoms with Crippen molar-refractivity contribution in [2.24, 2.45) is 13.0 Å². The van der Waals surface area contributed by atoms with Gasteiger partial charge in [-0.25, -0.2) is 14.2 Å². The molecule has 3 aliphatic heterocycles. The molecule has 9 rings (SSSR count). The lowest BCUT2D eigenvalue weighted by Gasteiger charge is -2.35. The predicted molar refractivity (Wildman–Crippen MR) is 221 cm³/mol. The fourth-order valence-corrected chi connectivity index (χ4v) is 8.89. The Balaban J connectivity index is 0.804. The average molecular weight is 838 g/mol. The number of anilines is 2. The minimum Gasteiger partial charge on any atom is -0.490 e. The number of carbonyl (C=O) groups excluding carboxylic acids is 4. The Morgan fingerprint density at radius 2 is 1.79 bits per heavy atom. The zero-order chi connectivity index (χ0) is 42.7. The highest BCUT2D eigenvalue weighted by Gasteiger charge is 2.40. The van der Waals surface area contributed by atoms with Gasteiger partial charge in [-0.1, -0.05) is 0 Å². The molecular weight excluding hydrogens is 790 g/mol. The van der Waals surface area contributed by atoms with E-state index >= 15 is 0 Å². The molecule has 0 radical (unpaired) electrons. The Labute approximate surface area is 348 Å². The number of benzene rings is 1. The molecule has 3 atom stereocenters. The fraction of sp³-hybridized carbons (Fsp3) is 0.500. The van der Waals surface area contributed by atoms with Gasteiger partial charge in [0.15, 0.2) is 5.65 Å². The highest BCUT2D eigenvalue weighted by Crippen LogP contribution is 2.38. The molecule has 2 N–H and O–H groups in total.